The molecule has 1 N–H and O–H groups in total. The summed E-state index contributed by atoms with van der Waals surface area (Å²) in [5.41, 5.74) is 0.428. The number of carbonyl (C=O) groups is 1. The molecule has 0 saturated carbocycles. The van der Waals surface area contributed by atoms with E-state index in [-0.39, 0.29) is 10.5 Å². The Morgan fingerprint density at radius 1 is 1.19 bits per heavy atom. The molecular formula is C18H21FN4O3S. The lowest BCUT2D eigenvalue weighted by Gasteiger charge is -2.33. The molecule has 27 heavy (non-hydrogen) atoms. The number of piperazine rings is 1. The molecule has 0 spiro atoms. The highest BCUT2D eigenvalue weighted by Gasteiger charge is 2.28. The average molecular weight is 392 g/mol. The molecular weight excluding hydrogens is 371 g/mol. The van der Waals surface area contributed by atoms with Crippen LogP contribution in [-0.4, -0.2) is 61.2 Å². The Bertz CT molecular complexity index is 928. The second kappa shape index (κ2) is 8.12. The number of halogens is 1. The summed E-state index contributed by atoms with van der Waals surface area (Å²) in [5, 5.41) is 2.59. The zero-order valence-electron chi connectivity index (χ0n) is 14.9. The number of nitrogens with zero attached hydrogens (tertiary/aromatic N) is 3. The Kier molecular flexibility index (Phi) is 5.83. The molecule has 9 heteroatoms. The Hall–Kier alpha value is -2.36. The number of likely N-dealkylation sites (N-methyl/N-ethyl adjacent to an activating group) is 1. The lowest BCUT2D eigenvalue weighted by Crippen LogP contribution is -2.48. The third kappa shape index (κ3) is 4.49. The maximum Gasteiger partial charge on any atom is 0.255 e. The van der Waals surface area contributed by atoms with Crippen molar-refractivity contribution in [1.82, 2.24) is 14.2 Å². The van der Waals surface area contributed by atoms with Crippen LogP contribution in [0.5, 0.6) is 0 Å². The maximum absolute atomic E-state index is 13.2. The average Bonchev–Trinajstić information content (AvgIpc) is 2.68. The first-order valence-corrected chi connectivity index (χ1v) is 10.1. The molecule has 3 rings (SSSR count). The fourth-order valence-electron chi connectivity index (χ4n) is 2.92. The van der Waals surface area contributed by atoms with Gasteiger partial charge in [0.1, 0.15) is 0 Å². The number of hydrogen-bond donors (Lipinski definition) is 1. The Labute approximate surface area is 157 Å². The third-order valence-corrected chi connectivity index (χ3v) is 6.39. The summed E-state index contributed by atoms with van der Waals surface area (Å²) in [7, 11) is -3.64. The van der Waals surface area contributed by atoms with Crippen LogP contribution in [0.1, 0.15) is 17.3 Å². The molecule has 0 radical (unpaired) electrons. The van der Waals surface area contributed by atoms with Crippen LogP contribution >= 0.6 is 0 Å². The minimum absolute atomic E-state index is 0.103. The van der Waals surface area contributed by atoms with E-state index in [1.165, 1.54) is 28.7 Å². The summed E-state index contributed by atoms with van der Waals surface area (Å²) < 4.78 is 40.4. The van der Waals surface area contributed by atoms with Gasteiger partial charge < -0.3 is 10.2 Å². The first-order valence-electron chi connectivity index (χ1n) is 8.65. The standard InChI is InChI=1S/C18H21FN4O3S/c1-2-22-8-10-23(11-9-22)27(25,26)16-5-3-4-15(13-16)21-18(24)14-6-7-20-17(19)12-14/h3-7,12-13H,2,8-11H2,1H3,(H,21,24). The SMILES string of the molecule is CCN1CCN(S(=O)(=O)c2cccc(NC(=O)c3ccnc(F)c3)c2)CC1. The normalized spacial score (nSPS) is 16.2. The Balaban J connectivity index is 1.76. The number of anilines is 1. The molecule has 1 aliphatic heterocycles. The van der Waals surface area contributed by atoms with Crippen LogP contribution in [0.15, 0.2) is 47.5 Å². The van der Waals surface area contributed by atoms with Gasteiger partial charge in [-0.15, -0.1) is 0 Å². The largest absolute Gasteiger partial charge is 0.322 e. The van der Waals surface area contributed by atoms with Crippen LogP contribution in [0.2, 0.25) is 0 Å². The zero-order valence-corrected chi connectivity index (χ0v) is 15.7. The second-order valence-corrected chi connectivity index (χ2v) is 8.13. The van der Waals surface area contributed by atoms with Gasteiger partial charge in [-0.1, -0.05) is 13.0 Å². The fourth-order valence-corrected chi connectivity index (χ4v) is 4.39. The van der Waals surface area contributed by atoms with Gasteiger partial charge in [-0.2, -0.15) is 8.70 Å². The van der Waals surface area contributed by atoms with Crippen LogP contribution in [0.25, 0.3) is 0 Å². The summed E-state index contributed by atoms with van der Waals surface area (Å²) >= 11 is 0. The highest BCUT2D eigenvalue weighted by Crippen LogP contribution is 2.21. The number of carbonyl (C=O) groups excluding carboxylic acids is 1. The highest BCUT2D eigenvalue weighted by molar-refractivity contribution is 7.89. The van der Waals surface area contributed by atoms with Crippen molar-refractivity contribution >= 4 is 21.6 Å². The summed E-state index contributed by atoms with van der Waals surface area (Å²) in [6, 6.07) is 8.47. The van der Waals surface area contributed by atoms with Crippen molar-refractivity contribution in [2.45, 2.75) is 11.8 Å². The van der Waals surface area contributed by atoms with E-state index in [4.69, 9.17) is 0 Å². The van der Waals surface area contributed by atoms with E-state index >= 15 is 0 Å². The van der Waals surface area contributed by atoms with Gasteiger partial charge in [0.05, 0.1) is 4.90 Å². The van der Waals surface area contributed by atoms with Crippen molar-refractivity contribution in [2.75, 3.05) is 38.0 Å². The second-order valence-electron chi connectivity index (χ2n) is 6.19. The molecule has 0 unspecified atom stereocenters. The van der Waals surface area contributed by atoms with Crippen LogP contribution in [-0.2, 0) is 10.0 Å². The van der Waals surface area contributed by atoms with Crippen molar-refractivity contribution in [3.63, 3.8) is 0 Å². The predicted octanol–water partition coefficient (Wildman–Crippen LogP) is 1.80. The summed E-state index contributed by atoms with van der Waals surface area (Å²) in [6.45, 7) is 5.20. The zero-order chi connectivity index (χ0) is 19.4. The van der Waals surface area contributed by atoms with Crippen LogP contribution in [0.4, 0.5) is 10.1 Å². The number of amides is 1. The van der Waals surface area contributed by atoms with Crippen molar-refractivity contribution in [2.24, 2.45) is 0 Å². The number of pyridine rings is 1. The van der Waals surface area contributed by atoms with E-state index < -0.39 is 21.9 Å². The quantitative estimate of drug-likeness (QED) is 0.785. The van der Waals surface area contributed by atoms with E-state index in [0.717, 1.165) is 12.6 Å². The van der Waals surface area contributed by atoms with Crippen LogP contribution < -0.4 is 5.32 Å². The molecule has 2 heterocycles. The Morgan fingerprint density at radius 2 is 1.93 bits per heavy atom. The number of sulfonamides is 1. The van der Waals surface area contributed by atoms with Gasteiger partial charge in [0.25, 0.3) is 5.91 Å². The maximum atomic E-state index is 13.2. The first kappa shape index (κ1) is 19.4. The number of hydrogen-bond acceptors (Lipinski definition) is 5. The van der Waals surface area contributed by atoms with E-state index in [0.29, 0.717) is 31.9 Å². The molecule has 1 saturated heterocycles. The number of benzene rings is 1. The number of rotatable bonds is 5. The molecule has 1 fully saturated rings. The van der Waals surface area contributed by atoms with Crippen molar-refractivity contribution < 1.29 is 17.6 Å². The molecule has 2 aromatic rings. The molecule has 1 aromatic carbocycles. The lowest BCUT2D eigenvalue weighted by molar-refractivity contribution is 0.102. The minimum atomic E-state index is -3.64. The van der Waals surface area contributed by atoms with E-state index in [1.807, 2.05) is 6.92 Å². The molecule has 0 atom stereocenters. The van der Waals surface area contributed by atoms with Gasteiger partial charge in [0.2, 0.25) is 16.0 Å². The number of aromatic nitrogens is 1. The Morgan fingerprint density at radius 3 is 2.59 bits per heavy atom. The molecule has 144 valence electrons. The van der Waals surface area contributed by atoms with E-state index in [2.05, 4.69) is 15.2 Å². The molecule has 7 nitrogen and oxygen atoms in total. The molecule has 1 aliphatic rings. The molecule has 0 bridgehead atoms. The predicted molar refractivity (Wildman–Crippen MR) is 99.5 cm³/mol. The van der Waals surface area contributed by atoms with Gasteiger partial charge in [-0.25, -0.2) is 13.4 Å². The number of nitrogens with one attached hydrogen (secondary N) is 1. The van der Waals surface area contributed by atoms with Gasteiger partial charge in [-0.05, 0) is 30.8 Å². The van der Waals surface area contributed by atoms with Gasteiger partial charge in [0.15, 0.2) is 0 Å². The summed E-state index contributed by atoms with van der Waals surface area (Å²) in [6.07, 6.45) is 1.20. The minimum Gasteiger partial charge on any atom is -0.322 e. The van der Waals surface area contributed by atoms with E-state index in [9.17, 15) is 17.6 Å². The van der Waals surface area contributed by atoms with Gasteiger partial charge >= 0.3 is 0 Å². The lowest BCUT2D eigenvalue weighted by atomic mass is 10.2. The fraction of sp³-hybridized carbons (Fsp3) is 0.333. The highest BCUT2D eigenvalue weighted by atomic mass is 32.2. The summed E-state index contributed by atoms with van der Waals surface area (Å²) in [5.74, 6) is -1.30. The van der Waals surface area contributed by atoms with Crippen molar-refractivity contribution in [1.29, 1.82) is 0 Å². The molecule has 0 aliphatic carbocycles. The first-order chi connectivity index (χ1) is 12.9. The monoisotopic (exact) mass is 392 g/mol. The van der Waals surface area contributed by atoms with Crippen molar-refractivity contribution in [3.8, 4) is 0 Å². The van der Waals surface area contributed by atoms with Crippen LogP contribution in [0, 0.1) is 5.95 Å². The van der Waals surface area contributed by atoms with Gasteiger partial charge in [-0.3, -0.25) is 4.79 Å². The third-order valence-electron chi connectivity index (χ3n) is 4.50. The molecule has 1 amide bonds. The molecule has 1 aromatic heterocycles. The van der Waals surface area contributed by atoms with E-state index in [1.54, 1.807) is 12.1 Å². The summed E-state index contributed by atoms with van der Waals surface area (Å²) in [4.78, 5) is 17.9. The smallest absolute Gasteiger partial charge is 0.255 e. The van der Waals surface area contributed by atoms with Gasteiger partial charge in [0, 0.05) is 49.7 Å². The topological polar surface area (TPSA) is 82.6 Å². The van der Waals surface area contributed by atoms with Crippen LogP contribution in [0.3, 0.4) is 0 Å². The van der Waals surface area contributed by atoms with Crippen molar-refractivity contribution in [3.05, 3.63) is 54.1 Å².